The van der Waals surface area contributed by atoms with E-state index in [4.69, 9.17) is 0 Å². The van der Waals surface area contributed by atoms with E-state index in [1.165, 1.54) is 6.42 Å². The molecule has 0 radical (unpaired) electrons. The minimum Gasteiger partial charge on any atom is -0.507 e. The zero-order valence-corrected chi connectivity index (χ0v) is 10.9. The van der Waals surface area contributed by atoms with Gasteiger partial charge >= 0.3 is 0 Å². The topological polar surface area (TPSA) is 37.3 Å². The van der Waals surface area contributed by atoms with Crippen molar-refractivity contribution in [1.29, 1.82) is 0 Å². The Balaban J connectivity index is 2.05. The van der Waals surface area contributed by atoms with Crippen LogP contribution in [0, 0.1) is 5.92 Å². The molecule has 2 heteroatoms. The van der Waals surface area contributed by atoms with Gasteiger partial charge in [-0.25, -0.2) is 0 Å². The highest BCUT2D eigenvalue weighted by Gasteiger charge is 2.23. The van der Waals surface area contributed by atoms with Gasteiger partial charge in [0.15, 0.2) is 5.78 Å². The normalized spacial score (nSPS) is 16.6. The van der Waals surface area contributed by atoms with Crippen molar-refractivity contribution in [3.05, 3.63) is 42.0 Å². The van der Waals surface area contributed by atoms with Gasteiger partial charge < -0.3 is 5.11 Å². The Kier molecular flexibility index (Phi) is 3.24. The quantitative estimate of drug-likeness (QED) is 0.811. The van der Waals surface area contributed by atoms with E-state index in [-0.39, 0.29) is 17.5 Å². The van der Waals surface area contributed by atoms with Crippen LogP contribution in [0.15, 0.2) is 36.4 Å². The van der Waals surface area contributed by atoms with E-state index in [0.717, 1.165) is 42.0 Å². The van der Waals surface area contributed by atoms with E-state index in [1.807, 2.05) is 24.3 Å². The van der Waals surface area contributed by atoms with Crippen molar-refractivity contribution < 1.29 is 9.90 Å². The molecular formula is C17H18O2. The minimum atomic E-state index is 0.168. The van der Waals surface area contributed by atoms with Gasteiger partial charge in [-0.15, -0.1) is 0 Å². The Morgan fingerprint density at radius 2 is 1.63 bits per heavy atom. The van der Waals surface area contributed by atoms with Crippen molar-refractivity contribution in [2.75, 3.05) is 0 Å². The number of phenols is 1. The zero-order valence-electron chi connectivity index (χ0n) is 10.9. The maximum absolute atomic E-state index is 12.6. The molecule has 2 nitrogen and oxygen atoms in total. The Bertz CT molecular complexity index is 610. The highest BCUT2D eigenvalue weighted by atomic mass is 16.3. The Hall–Kier alpha value is -1.83. The lowest BCUT2D eigenvalue weighted by Gasteiger charge is -2.21. The van der Waals surface area contributed by atoms with Gasteiger partial charge in [-0.1, -0.05) is 43.5 Å². The first-order chi connectivity index (χ1) is 9.27. The molecule has 0 bridgehead atoms. The van der Waals surface area contributed by atoms with Crippen LogP contribution in [0.2, 0.25) is 0 Å². The van der Waals surface area contributed by atoms with Crippen LogP contribution >= 0.6 is 0 Å². The summed E-state index contributed by atoms with van der Waals surface area (Å²) in [5.74, 6) is 0.661. The van der Waals surface area contributed by atoms with Gasteiger partial charge in [0.25, 0.3) is 0 Å². The molecule has 1 aliphatic rings. The smallest absolute Gasteiger partial charge is 0.166 e. The number of carbonyl (C=O) groups is 1. The molecule has 0 aromatic heterocycles. The minimum absolute atomic E-state index is 0.168. The first-order valence-corrected chi connectivity index (χ1v) is 7.02. The average molecular weight is 254 g/mol. The SMILES string of the molecule is O=C(c1ccc(O)c2ccccc12)C1CCCCC1. The second-order valence-corrected chi connectivity index (χ2v) is 5.38. The Morgan fingerprint density at radius 1 is 0.947 bits per heavy atom. The Labute approximate surface area is 113 Å². The standard InChI is InChI=1S/C17H18O2/c18-16-11-10-15(13-8-4-5-9-14(13)16)17(19)12-6-2-1-3-7-12/h4-5,8-12,18H,1-3,6-7H2. The number of rotatable bonds is 2. The number of hydrogen-bond donors (Lipinski definition) is 1. The van der Waals surface area contributed by atoms with Crippen LogP contribution in [0.3, 0.4) is 0 Å². The van der Waals surface area contributed by atoms with Gasteiger partial charge in [0.2, 0.25) is 0 Å². The van der Waals surface area contributed by atoms with Crippen LogP contribution in [0.25, 0.3) is 10.8 Å². The average Bonchev–Trinajstić information content (AvgIpc) is 2.48. The first-order valence-electron chi connectivity index (χ1n) is 7.02. The van der Waals surface area contributed by atoms with Crippen molar-refractivity contribution in [3.63, 3.8) is 0 Å². The summed E-state index contributed by atoms with van der Waals surface area (Å²) in [6, 6.07) is 11.0. The Morgan fingerprint density at radius 3 is 2.37 bits per heavy atom. The fourth-order valence-corrected chi connectivity index (χ4v) is 3.08. The van der Waals surface area contributed by atoms with E-state index in [9.17, 15) is 9.90 Å². The summed E-state index contributed by atoms with van der Waals surface area (Å²) >= 11 is 0. The van der Waals surface area contributed by atoms with Crippen molar-refractivity contribution in [2.24, 2.45) is 5.92 Å². The lowest BCUT2D eigenvalue weighted by molar-refractivity contribution is 0.0891. The molecule has 2 aromatic rings. The molecule has 0 saturated heterocycles. The predicted octanol–water partition coefficient (Wildman–Crippen LogP) is 4.31. The summed E-state index contributed by atoms with van der Waals surface area (Å²) in [4.78, 5) is 12.6. The second kappa shape index (κ2) is 5.04. The highest BCUT2D eigenvalue weighted by Crippen LogP contribution is 2.32. The summed E-state index contributed by atoms with van der Waals surface area (Å²) in [5.41, 5.74) is 0.764. The molecule has 1 fully saturated rings. The molecule has 2 aromatic carbocycles. The molecule has 0 atom stereocenters. The number of benzene rings is 2. The number of ketones is 1. The summed E-state index contributed by atoms with van der Waals surface area (Å²) < 4.78 is 0. The van der Waals surface area contributed by atoms with Crippen molar-refractivity contribution in [1.82, 2.24) is 0 Å². The maximum atomic E-state index is 12.6. The molecule has 1 N–H and O–H groups in total. The third kappa shape index (κ3) is 2.23. The highest BCUT2D eigenvalue weighted by molar-refractivity contribution is 6.10. The van der Waals surface area contributed by atoms with Crippen LogP contribution in [0.4, 0.5) is 0 Å². The lowest BCUT2D eigenvalue weighted by atomic mass is 9.83. The third-order valence-corrected chi connectivity index (χ3v) is 4.14. The molecule has 1 saturated carbocycles. The molecule has 0 aliphatic heterocycles. The molecule has 0 heterocycles. The number of hydrogen-bond acceptors (Lipinski definition) is 2. The summed E-state index contributed by atoms with van der Waals surface area (Å²) in [6.07, 6.45) is 5.58. The predicted molar refractivity (Wildman–Crippen MR) is 76.5 cm³/mol. The molecule has 1 aliphatic carbocycles. The largest absolute Gasteiger partial charge is 0.507 e. The van der Waals surface area contributed by atoms with E-state index < -0.39 is 0 Å². The van der Waals surface area contributed by atoms with Crippen LogP contribution in [0.5, 0.6) is 5.75 Å². The van der Waals surface area contributed by atoms with Gasteiger partial charge in [-0.2, -0.15) is 0 Å². The first kappa shape index (κ1) is 12.2. The lowest BCUT2D eigenvalue weighted by Crippen LogP contribution is -2.18. The van der Waals surface area contributed by atoms with Gasteiger partial charge in [-0.05, 0) is 30.4 Å². The van der Waals surface area contributed by atoms with Crippen LogP contribution < -0.4 is 0 Å². The van der Waals surface area contributed by atoms with Crippen molar-refractivity contribution in [2.45, 2.75) is 32.1 Å². The van der Waals surface area contributed by atoms with Gasteiger partial charge in [-0.3, -0.25) is 4.79 Å². The van der Waals surface area contributed by atoms with Crippen LogP contribution in [-0.4, -0.2) is 10.9 Å². The number of Topliss-reactive ketones (excluding diaryl/α,β-unsaturated/α-hetero) is 1. The summed E-state index contributed by atoms with van der Waals surface area (Å²) in [7, 11) is 0. The fraction of sp³-hybridized carbons (Fsp3) is 0.353. The summed E-state index contributed by atoms with van der Waals surface area (Å²) in [6.45, 7) is 0. The molecule has 98 valence electrons. The number of carbonyl (C=O) groups excluding carboxylic acids is 1. The second-order valence-electron chi connectivity index (χ2n) is 5.38. The number of aromatic hydroxyl groups is 1. The number of fused-ring (bicyclic) bond motifs is 1. The zero-order chi connectivity index (χ0) is 13.2. The van der Waals surface area contributed by atoms with Crippen LogP contribution in [0.1, 0.15) is 42.5 Å². The van der Waals surface area contributed by atoms with Gasteiger partial charge in [0, 0.05) is 16.9 Å². The van der Waals surface area contributed by atoms with E-state index in [2.05, 4.69) is 0 Å². The maximum Gasteiger partial charge on any atom is 0.166 e. The van der Waals surface area contributed by atoms with Crippen LogP contribution in [-0.2, 0) is 0 Å². The van der Waals surface area contributed by atoms with Gasteiger partial charge in [0.05, 0.1) is 0 Å². The third-order valence-electron chi connectivity index (χ3n) is 4.14. The molecule has 0 spiro atoms. The van der Waals surface area contributed by atoms with Gasteiger partial charge in [0.1, 0.15) is 5.75 Å². The van der Waals surface area contributed by atoms with E-state index >= 15 is 0 Å². The molecular weight excluding hydrogens is 236 g/mol. The summed E-state index contributed by atoms with van der Waals surface area (Å²) in [5, 5.41) is 11.5. The molecule has 0 amide bonds. The molecule has 0 unspecified atom stereocenters. The molecule has 3 rings (SSSR count). The number of phenolic OH excluding ortho intramolecular Hbond substituents is 1. The van der Waals surface area contributed by atoms with E-state index in [1.54, 1.807) is 12.1 Å². The van der Waals surface area contributed by atoms with Crippen molar-refractivity contribution >= 4 is 16.6 Å². The van der Waals surface area contributed by atoms with Crippen molar-refractivity contribution in [3.8, 4) is 5.75 Å². The monoisotopic (exact) mass is 254 g/mol. The molecule has 19 heavy (non-hydrogen) atoms. The fourth-order valence-electron chi connectivity index (χ4n) is 3.08. The van der Waals surface area contributed by atoms with E-state index in [0.29, 0.717) is 0 Å².